The van der Waals surface area contributed by atoms with E-state index in [-0.39, 0.29) is 6.04 Å². The predicted octanol–water partition coefficient (Wildman–Crippen LogP) is 3.34. The minimum absolute atomic E-state index is 0.137. The lowest BCUT2D eigenvalue weighted by atomic mass is 9.94. The third-order valence-corrected chi connectivity index (χ3v) is 3.51. The molecule has 0 spiro atoms. The Hall–Kier alpha value is -1.88. The fourth-order valence-corrected chi connectivity index (χ4v) is 2.51. The molecule has 2 aromatic rings. The zero-order chi connectivity index (χ0) is 14.2. The van der Waals surface area contributed by atoms with Gasteiger partial charge in [0, 0.05) is 12.7 Å². The molecule has 1 aliphatic heterocycles. The molecule has 2 nitrogen and oxygen atoms in total. The molecular formula is C15H13F3N2. The average Bonchev–Trinajstić information content (AvgIpc) is 2.46. The molecule has 0 radical (unpaired) electrons. The van der Waals surface area contributed by atoms with E-state index in [0.717, 1.165) is 41.9 Å². The summed E-state index contributed by atoms with van der Waals surface area (Å²) >= 11 is 0. The summed E-state index contributed by atoms with van der Waals surface area (Å²) in [4.78, 5) is 4.36. The SMILES string of the molecule is FC(F)(F)c1ccc([C@@H]2NCCc3cccnc32)cc1. The highest BCUT2D eigenvalue weighted by Gasteiger charge is 2.30. The van der Waals surface area contributed by atoms with Gasteiger partial charge in [0.05, 0.1) is 17.3 Å². The molecular weight excluding hydrogens is 265 g/mol. The minimum Gasteiger partial charge on any atom is -0.305 e. The fraction of sp³-hybridized carbons (Fsp3) is 0.267. The zero-order valence-electron chi connectivity index (χ0n) is 10.6. The molecule has 0 saturated heterocycles. The topological polar surface area (TPSA) is 24.9 Å². The molecule has 2 heterocycles. The molecule has 0 bridgehead atoms. The summed E-state index contributed by atoms with van der Waals surface area (Å²) in [6.45, 7) is 0.796. The van der Waals surface area contributed by atoms with Crippen LogP contribution in [0.4, 0.5) is 13.2 Å². The molecule has 1 N–H and O–H groups in total. The lowest BCUT2D eigenvalue weighted by molar-refractivity contribution is -0.137. The van der Waals surface area contributed by atoms with Crippen molar-refractivity contribution in [2.24, 2.45) is 0 Å². The van der Waals surface area contributed by atoms with Crippen LogP contribution in [-0.2, 0) is 12.6 Å². The standard InChI is InChI=1S/C15H13F3N2/c16-15(17,18)12-5-3-11(4-6-12)14-13-10(7-9-20-14)2-1-8-19-13/h1-6,8,14,20H,7,9H2/t14-/m0/s1. The lowest BCUT2D eigenvalue weighted by Crippen LogP contribution is -2.31. The number of alkyl halides is 3. The molecule has 1 aliphatic rings. The first-order chi connectivity index (χ1) is 9.55. The highest BCUT2D eigenvalue weighted by Crippen LogP contribution is 2.32. The van der Waals surface area contributed by atoms with Crippen molar-refractivity contribution in [3.63, 3.8) is 0 Å². The molecule has 1 atom stereocenters. The molecule has 0 aliphatic carbocycles. The van der Waals surface area contributed by atoms with Gasteiger partial charge in [0.25, 0.3) is 0 Å². The summed E-state index contributed by atoms with van der Waals surface area (Å²) in [5.41, 5.74) is 2.23. The van der Waals surface area contributed by atoms with E-state index >= 15 is 0 Å². The first kappa shape index (κ1) is 13.1. The number of hydrogen-bond donors (Lipinski definition) is 1. The van der Waals surface area contributed by atoms with E-state index in [1.54, 1.807) is 6.20 Å². The number of pyridine rings is 1. The number of halogens is 3. The van der Waals surface area contributed by atoms with E-state index in [4.69, 9.17) is 0 Å². The van der Waals surface area contributed by atoms with E-state index in [2.05, 4.69) is 10.3 Å². The van der Waals surface area contributed by atoms with Crippen LogP contribution in [0.25, 0.3) is 0 Å². The van der Waals surface area contributed by atoms with Crippen molar-refractivity contribution in [2.75, 3.05) is 6.54 Å². The van der Waals surface area contributed by atoms with Gasteiger partial charge in [-0.25, -0.2) is 0 Å². The van der Waals surface area contributed by atoms with Crippen LogP contribution in [0.15, 0.2) is 42.6 Å². The van der Waals surface area contributed by atoms with Crippen LogP contribution in [0.5, 0.6) is 0 Å². The van der Waals surface area contributed by atoms with Crippen molar-refractivity contribution >= 4 is 0 Å². The Balaban J connectivity index is 1.95. The highest BCUT2D eigenvalue weighted by molar-refractivity contribution is 5.36. The van der Waals surface area contributed by atoms with Crippen LogP contribution in [0, 0.1) is 0 Å². The number of nitrogens with zero attached hydrogens (tertiary/aromatic N) is 1. The smallest absolute Gasteiger partial charge is 0.305 e. The van der Waals surface area contributed by atoms with Gasteiger partial charge in [-0.1, -0.05) is 18.2 Å². The van der Waals surface area contributed by atoms with Crippen LogP contribution in [0.1, 0.15) is 28.4 Å². The molecule has 0 fully saturated rings. The molecule has 0 saturated carbocycles. The Morgan fingerprint density at radius 1 is 1.10 bits per heavy atom. The monoisotopic (exact) mass is 278 g/mol. The van der Waals surface area contributed by atoms with Gasteiger partial charge in [-0.2, -0.15) is 13.2 Å². The van der Waals surface area contributed by atoms with Crippen molar-refractivity contribution in [1.29, 1.82) is 0 Å². The summed E-state index contributed by atoms with van der Waals surface area (Å²) < 4.78 is 37.7. The largest absolute Gasteiger partial charge is 0.416 e. The van der Waals surface area contributed by atoms with Crippen molar-refractivity contribution in [2.45, 2.75) is 18.6 Å². The molecule has 20 heavy (non-hydrogen) atoms. The first-order valence-corrected chi connectivity index (χ1v) is 6.40. The molecule has 104 valence electrons. The fourth-order valence-electron chi connectivity index (χ4n) is 2.51. The van der Waals surface area contributed by atoms with E-state index in [1.807, 2.05) is 12.1 Å². The van der Waals surface area contributed by atoms with Crippen LogP contribution in [0.2, 0.25) is 0 Å². The number of nitrogens with one attached hydrogen (secondary N) is 1. The predicted molar refractivity (Wildman–Crippen MR) is 69.2 cm³/mol. The summed E-state index contributed by atoms with van der Waals surface area (Å²) in [6, 6.07) is 9.04. The van der Waals surface area contributed by atoms with Gasteiger partial charge in [0.15, 0.2) is 0 Å². The van der Waals surface area contributed by atoms with E-state index < -0.39 is 11.7 Å². The van der Waals surface area contributed by atoms with Crippen LogP contribution < -0.4 is 5.32 Å². The molecule has 0 unspecified atom stereocenters. The Kier molecular flexibility index (Phi) is 3.22. The number of fused-ring (bicyclic) bond motifs is 1. The van der Waals surface area contributed by atoms with Gasteiger partial charge in [0.2, 0.25) is 0 Å². The maximum absolute atomic E-state index is 12.6. The van der Waals surface area contributed by atoms with Crippen molar-refractivity contribution in [1.82, 2.24) is 10.3 Å². The third kappa shape index (κ3) is 2.41. The number of aromatic nitrogens is 1. The van der Waals surface area contributed by atoms with Crippen molar-refractivity contribution < 1.29 is 13.2 Å². The Labute approximate surface area is 114 Å². The lowest BCUT2D eigenvalue weighted by Gasteiger charge is -2.26. The Morgan fingerprint density at radius 3 is 2.55 bits per heavy atom. The maximum Gasteiger partial charge on any atom is 0.416 e. The average molecular weight is 278 g/mol. The second-order valence-electron chi connectivity index (χ2n) is 4.80. The van der Waals surface area contributed by atoms with Crippen LogP contribution >= 0.6 is 0 Å². The normalized spacial score (nSPS) is 18.6. The highest BCUT2D eigenvalue weighted by atomic mass is 19.4. The Morgan fingerprint density at radius 2 is 1.85 bits per heavy atom. The van der Waals surface area contributed by atoms with Gasteiger partial charge < -0.3 is 5.32 Å². The summed E-state index contributed by atoms with van der Waals surface area (Å²) in [5, 5.41) is 3.31. The van der Waals surface area contributed by atoms with E-state index in [9.17, 15) is 13.2 Å². The summed E-state index contributed by atoms with van der Waals surface area (Å²) in [6.07, 6.45) is -1.70. The maximum atomic E-state index is 12.6. The number of benzene rings is 1. The first-order valence-electron chi connectivity index (χ1n) is 6.40. The number of hydrogen-bond acceptors (Lipinski definition) is 2. The summed E-state index contributed by atoms with van der Waals surface area (Å²) in [7, 11) is 0. The molecule has 0 amide bonds. The van der Waals surface area contributed by atoms with Crippen molar-refractivity contribution in [3.05, 3.63) is 65.0 Å². The molecule has 1 aromatic heterocycles. The van der Waals surface area contributed by atoms with Gasteiger partial charge in [0.1, 0.15) is 0 Å². The van der Waals surface area contributed by atoms with Crippen LogP contribution in [-0.4, -0.2) is 11.5 Å². The quantitative estimate of drug-likeness (QED) is 0.865. The second-order valence-corrected chi connectivity index (χ2v) is 4.80. The molecule has 3 rings (SSSR count). The van der Waals surface area contributed by atoms with Gasteiger partial charge in [-0.15, -0.1) is 0 Å². The third-order valence-electron chi connectivity index (χ3n) is 3.51. The van der Waals surface area contributed by atoms with Gasteiger partial charge in [-0.05, 0) is 35.7 Å². The van der Waals surface area contributed by atoms with Gasteiger partial charge in [-0.3, -0.25) is 4.98 Å². The second kappa shape index (κ2) is 4.90. The minimum atomic E-state index is -4.30. The van der Waals surface area contributed by atoms with E-state index in [1.165, 1.54) is 12.1 Å². The van der Waals surface area contributed by atoms with E-state index in [0.29, 0.717) is 0 Å². The molecule has 1 aromatic carbocycles. The zero-order valence-corrected chi connectivity index (χ0v) is 10.6. The summed E-state index contributed by atoms with van der Waals surface area (Å²) in [5.74, 6) is 0. The van der Waals surface area contributed by atoms with Crippen molar-refractivity contribution in [3.8, 4) is 0 Å². The van der Waals surface area contributed by atoms with Crippen LogP contribution in [0.3, 0.4) is 0 Å². The number of rotatable bonds is 1. The molecule has 5 heteroatoms. The van der Waals surface area contributed by atoms with Gasteiger partial charge >= 0.3 is 6.18 Å². The Bertz CT molecular complexity index is 605.